The third-order valence-electron chi connectivity index (χ3n) is 9.54. The van der Waals surface area contributed by atoms with E-state index in [0.29, 0.717) is 55.2 Å². The molecule has 1 aliphatic carbocycles. The van der Waals surface area contributed by atoms with Crippen LogP contribution in [-0.4, -0.2) is 80.2 Å². The van der Waals surface area contributed by atoms with Gasteiger partial charge in [-0.25, -0.2) is 4.79 Å². The number of methoxy groups -OCH3 is 1. The molecule has 0 radical (unpaired) electrons. The number of ether oxygens (including phenoxy) is 3. The highest BCUT2D eigenvalue weighted by Crippen LogP contribution is 2.43. The number of likely N-dealkylation sites (tertiary alicyclic amines) is 1. The van der Waals surface area contributed by atoms with E-state index in [-0.39, 0.29) is 42.7 Å². The molecule has 0 N–H and O–H groups in total. The van der Waals surface area contributed by atoms with Gasteiger partial charge in [0.25, 0.3) is 5.91 Å². The second kappa shape index (κ2) is 14.6. The first-order chi connectivity index (χ1) is 23.9. The molecule has 0 unspecified atom stereocenters. The van der Waals surface area contributed by atoms with Crippen molar-refractivity contribution >= 4 is 35.1 Å². The number of ketones is 1. The number of nitrogens with zero attached hydrogens (tertiary/aromatic N) is 3. The molecular formula is C40H47N3O7. The van der Waals surface area contributed by atoms with Gasteiger partial charge in [-0.3, -0.25) is 14.4 Å². The van der Waals surface area contributed by atoms with Crippen LogP contribution in [0.3, 0.4) is 0 Å². The summed E-state index contributed by atoms with van der Waals surface area (Å²) in [6.45, 7) is 8.70. The molecule has 10 heteroatoms. The number of anilines is 2. The van der Waals surface area contributed by atoms with Crippen molar-refractivity contribution in [1.82, 2.24) is 4.90 Å². The molecule has 50 heavy (non-hydrogen) atoms. The van der Waals surface area contributed by atoms with Gasteiger partial charge in [0.15, 0.2) is 12.4 Å². The number of rotatable bonds is 10. The summed E-state index contributed by atoms with van der Waals surface area (Å²) < 4.78 is 16.8. The minimum Gasteiger partial charge on any atom is -0.482 e. The fourth-order valence-corrected chi connectivity index (χ4v) is 6.94. The fraction of sp³-hybridized carbons (Fsp3) is 0.450. The molecule has 0 spiro atoms. The molecule has 2 atom stereocenters. The Morgan fingerprint density at radius 3 is 2.40 bits per heavy atom. The minimum atomic E-state index is -0.673. The molecule has 3 aromatic carbocycles. The van der Waals surface area contributed by atoms with Crippen molar-refractivity contribution in [3.8, 4) is 16.9 Å². The Kier molecular flexibility index (Phi) is 10.3. The SMILES string of the molecule is COCCCN1C(=O)COc2ccc(N(C(=O)[C@H]3CN(C(=O)OC(C)(C)C)CC[C@@H]3c3cccc(-c4cccc(C(C)=O)c4)c3)C3CC3)cc21. The van der Waals surface area contributed by atoms with Crippen LogP contribution in [0.25, 0.3) is 11.1 Å². The number of hydrogen-bond acceptors (Lipinski definition) is 7. The van der Waals surface area contributed by atoms with Crippen LogP contribution in [0.4, 0.5) is 16.2 Å². The molecule has 3 amide bonds. The molecule has 6 rings (SSSR count). The maximum atomic E-state index is 15.0. The zero-order chi connectivity index (χ0) is 35.6. The lowest BCUT2D eigenvalue weighted by atomic mass is 9.78. The van der Waals surface area contributed by atoms with E-state index < -0.39 is 17.6 Å². The lowest BCUT2D eigenvalue weighted by Crippen LogP contribution is -2.51. The Morgan fingerprint density at radius 1 is 0.960 bits per heavy atom. The Bertz CT molecular complexity index is 1760. The van der Waals surface area contributed by atoms with E-state index in [4.69, 9.17) is 14.2 Å². The number of carbonyl (C=O) groups is 4. The maximum Gasteiger partial charge on any atom is 0.410 e. The van der Waals surface area contributed by atoms with Gasteiger partial charge in [-0.15, -0.1) is 0 Å². The third-order valence-corrected chi connectivity index (χ3v) is 9.54. The summed E-state index contributed by atoms with van der Waals surface area (Å²) in [5, 5.41) is 0. The first kappa shape index (κ1) is 35.1. The molecule has 0 bridgehead atoms. The number of Topliss-reactive ketones (excluding diaryl/α,β-unsaturated/α-hetero) is 1. The Morgan fingerprint density at radius 2 is 1.70 bits per heavy atom. The highest BCUT2D eigenvalue weighted by atomic mass is 16.6. The average Bonchev–Trinajstić information content (AvgIpc) is 3.94. The van der Waals surface area contributed by atoms with E-state index in [1.54, 1.807) is 23.8 Å². The molecule has 3 aliphatic rings. The fourth-order valence-electron chi connectivity index (χ4n) is 6.94. The Labute approximate surface area is 294 Å². The van der Waals surface area contributed by atoms with Crippen LogP contribution < -0.4 is 14.5 Å². The van der Waals surface area contributed by atoms with Crippen molar-refractivity contribution in [3.63, 3.8) is 0 Å². The molecule has 1 saturated carbocycles. The summed E-state index contributed by atoms with van der Waals surface area (Å²) in [6, 6.07) is 21.4. The largest absolute Gasteiger partial charge is 0.482 e. The number of fused-ring (bicyclic) bond motifs is 1. The van der Waals surface area contributed by atoms with Crippen LogP contribution in [0, 0.1) is 5.92 Å². The van der Waals surface area contributed by atoms with Crippen LogP contribution in [0.2, 0.25) is 0 Å². The average molecular weight is 682 g/mol. The topological polar surface area (TPSA) is 106 Å². The number of piperidine rings is 1. The summed E-state index contributed by atoms with van der Waals surface area (Å²) in [5.41, 5.74) is 4.20. The van der Waals surface area contributed by atoms with Crippen LogP contribution in [-0.2, 0) is 19.1 Å². The van der Waals surface area contributed by atoms with Crippen molar-refractivity contribution in [3.05, 3.63) is 77.9 Å². The van der Waals surface area contributed by atoms with Gasteiger partial charge in [0.05, 0.1) is 11.6 Å². The standard InChI is InChI=1S/C40H47N3O7/c1-26(44)27-9-6-10-28(21-27)29-11-7-12-30(22-29)33-17-19-41(39(47)50-40(2,3)4)24-34(33)38(46)43(31-13-14-31)32-15-16-36-35(23-32)42(18-8-20-48-5)37(45)25-49-36/h6-7,9-12,15-16,21-23,31,33-34H,8,13-14,17-20,24-25H2,1-5H3/t33-,34+/m1/s1. The first-order valence-electron chi connectivity index (χ1n) is 17.5. The highest BCUT2D eigenvalue weighted by Gasteiger charge is 2.44. The van der Waals surface area contributed by atoms with Crippen LogP contribution >= 0.6 is 0 Å². The summed E-state index contributed by atoms with van der Waals surface area (Å²) in [7, 11) is 1.64. The number of carbonyl (C=O) groups excluding carboxylic acids is 4. The van der Waals surface area contributed by atoms with Gasteiger partial charge >= 0.3 is 6.09 Å². The van der Waals surface area contributed by atoms with Gasteiger partial charge in [-0.05, 0) is 100 Å². The first-order valence-corrected chi connectivity index (χ1v) is 17.5. The molecule has 2 fully saturated rings. The van der Waals surface area contributed by atoms with Gasteiger partial charge in [0.2, 0.25) is 5.91 Å². The quantitative estimate of drug-likeness (QED) is 0.170. The number of benzene rings is 3. The van der Waals surface area contributed by atoms with E-state index in [9.17, 15) is 19.2 Å². The molecule has 10 nitrogen and oxygen atoms in total. The van der Waals surface area contributed by atoms with Crippen molar-refractivity contribution < 1.29 is 33.4 Å². The molecule has 1 saturated heterocycles. The summed E-state index contributed by atoms with van der Waals surface area (Å²) in [6.07, 6.45) is 2.54. The van der Waals surface area contributed by atoms with Crippen molar-refractivity contribution in [1.29, 1.82) is 0 Å². The van der Waals surface area contributed by atoms with Gasteiger partial charge in [0, 0.05) is 50.6 Å². The van der Waals surface area contributed by atoms with E-state index in [0.717, 1.165) is 29.5 Å². The molecule has 0 aromatic heterocycles. The predicted molar refractivity (Wildman–Crippen MR) is 192 cm³/mol. The monoisotopic (exact) mass is 681 g/mol. The second-order valence-corrected chi connectivity index (χ2v) is 14.5. The van der Waals surface area contributed by atoms with E-state index >= 15 is 0 Å². The normalized spacial score (nSPS) is 19.0. The summed E-state index contributed by atoms with van der Waals surface area (Å²) in [5.74, 6) is -0.326. The van der Waals surface area contributed by atoms with Gasteiger partial charge in [-0.2, -0.15) is 0 Å². The number of hydrogen-bond donors (Lipinski definition) is 0. The van der Waals surface area contributed by atoms with E-state index in [2.05, 4.69) is 6.07 Å². The zero-order valence-corrected chi connectivity index (χ0v) is 29.6. The lowest BCUT2D eigenvalue weighted by Gasteiger charge is -2.41. The van der Waals surface area contributed by atoms with Crippen LogP contribution in [0.5, 0.6) is 5.75 Å². The summed E-state index contributed by atoms with van der Waals surface area (Å²) in [4.78, 5) is 58.7. The molecule has 264 valence electrons. The van der Waals surface area contributed by atoms with E-state index in [1.807, 2.05) is 86.3 Å². The van der Waals surface area contributed by atoms with Crippen LogP contribution in [0.1, 0.15) is 75.2 Å². The smallest absolute Gasteiger partial charge is 0.410 e. The van der Waals surface area contributed by atoms with Gasteiger partial charge < -0.3 is 28.9 Å². The second-order valence-electron chi connectivity index (χ2n) is 14.5. The predicted octanol–water partition coefficient (Wildman–Crippen LogP) is 6.85. The molecule has 3 aromatic rings. The molecular weight excluding hydrogens is 634 g/mol. The van der Waals surface area contributed by atoms with Crippen molar-refractivity contribution in [2.75, 3.05) is 49.8 Å². The van der Waals surface area contributed by atoms with Crippen LogP contribution in [0.15, 0.2) is 66.7 Å². The maximum absolute atomic E-state index is 15.0. The molecule has 2 heterocycles. The zero-order valence-electron chi connectivity index (χ0n) is 29.6. The summed E-state index contributed by atoms with van der Waals surface area (Å²) >= 11 is 0. The molecule has 2 aliphatic heterocycles. The minimum absolute atomic E-state index is 0.000416. The number of amides is 3. The van der Waals surface area contributed by atoms with Gasteiger partial charge in [-0.1, -0.05) is 42.5 Å². The lowest BCUT2D eigenvalue weighted by molar-refractivity contribution is -0.124. The third kappa shape index (κ3) is 7.86. The van der Waals surface area contributed by atoms with E-state index in [1.165, 1.54) is 0 Å². The van der Waals surface area contributed by atoms with Crippen molar-refractivity contribution in [2.45, 2.75) is 70.9 Å². The highest BCUT2D eigenvalue weighted by molar-refractivity contribution is 6.01. The van der Waals surface area contributed by atoms with Gasteiger partial charge in [0.1, 0.15) is 11.4 Å². The van der Waals surface area contributed by atoms with Crippen molar-refractivity contribution in [2.24, 2.45) is 5.92 Å². The Balaban J connectivity index is 1.36. The Hall–Kier alpha value is -4.70.